The van der Waals surface area contributed by atoms with Crippen molar-refractivity contribution in [1.82, 2.24) is 15.0 Å². The molecule has 0 aliphatic carbocycles. The van der Waals surface area contributed by atoms with E-state index < -0.39 is 0 Å². The summed E-state index contributed by atoms with van der Waals surface area (Å²) in [6.07, 6.45) is 1.43. The molecule has 4 aromatic rings. The van der Waals surface area contributed by atoms with E-state index in [2.05, 4.69) is 25.6 Å². The first kappa shape index (κ1) is 18.3. The molecule has 0 amide bonds. The number of anilines is 5. The molecule has 0 atom stereocenters. The normalized spacial score (nSPS) is 10.8. The van der Waals surface area contributed by atoms with Crippen molar-refractivity contribution in [2.24, 2.45) is 0 Å². The second-order valence-electron chi connectivity index (χ2n) is 6.19. The van der Waals surface area contributed by atoms with Crippen molar-refractivity contribution in [3.8, 4) is 0 Å². The van der Waals surface area contributed by atoms with Crippen LogP contribution in [0.5, 0.6) is 0 Å². The van der Waals surface area contributed by atoms with E-state index in [1.54, 1.807) is 18.2 Å². The minimum Gasteiger partial charge on any atom is -0.393 e. The van der Waals surface area contributed by atoms with Gasteiger partial charge in [-0.15, -0.1) is 0 Å². The molecule has 0 radical (unpaired) electrons. The first-order valence-electron chi connectivity index (χ1n) is 8.47. The van der Waals surface area contributed by atoms with E-state index in [1.807, 2.05) is 37.3 Å². The zero-order valence-electron chi connectivity index (χ0n) is 14.9. The maximum atomic E-state index is 6.29. The monoisotopic (exact) mass is 410 g/mol. The molecular formula is C20H16Cl2N6. The van der Waals surface area contributed by atoms with E-state index in [9.17, 15) is 0 Å². The van der Waals surface area contributed by atoms with Crippen LogP contribution in [0.3, 0.4) is 0 Å². The van der Waals surface area contributed by atoms with Gasteiger partial charge in [-0.3, -0.25) is 4.98 Å². The van der Waals surface area contributed by atoms with Gasteiger partial charge in [0.05, 0.1) is 21.2 Å². The van der Waals surface area contributed by atoms with Gasteiger partial charge >= 0.3 is 0 Å². The molecule has 140 valence electrons. The van der Waals surface area contributed by atoms with Crippen LogP contribution >= 0.6 is 23.2 Å². The summed E-state index contributed by atoms with van der Waals surface area (Å²) >= 11 is 12.0. The molecule has 6 nitrogen and oxygen atoms in total. The van der Waals surface area contributed by atoms with Gasteiger partial charge in [-0.25, -0.2) is 9.97 Å². The number of hydrogen-bond acceptors (Lipinski definition) is 6. The molecule has 2 heterocycles. The van der Waals surface area contributed by atoms with Crippen molar-refractivity contribution in [3.05, 3.63) is 70.6 Å². The highest BCUT2D eigenvalue weighted by Gasteiger charge is 2.11. The number of hydrogen-bond donors (Lipinski definition) is 3. The zero-order chi connectivity index (χ0) is 19.7. The van der Waals surface area contributed by atoms with Crippen molar-refractivity contribution in [3.63, 3.8) is 0 Å². The molecule has 0 spiro atoms. The largest absolute Gasteiger partial charge is 0.393 e. The van der Waals surface area contributed by atoms with E-state index in [-0.39, 0.29) is 0 Å². The van der Waals surface area contributed by atoms with Crippen molar-refractivity contribution < 1.29 is 0 Å². The number of aryl methyl sites for hydroxylation is 1. The summed E-state index contributed by atoms with van der Waals surface area (Å²) < 4.78 is 0. The van der Waals surface area contributed by atoms with Gasteiger partial charge in [0.1, 0.15) is 12.0 Å². The molecule has 0 bridgehead atoms. The lowest BCUT2D eigenvalue weighted by molar-refractivity contribution is 1.17. The fourth-order valence-electron chi connectivity index (χ4n) is 2.78. The topological polar surface area (TPSA) is 88.8 Å². The Morgan fingerprint density at radius 1 is 0.893 bits per heavy atom. The SMILES string of the molecule is Cc1ccc2cccc(Nc3ncnc(Nc4ccc(Cl)c(Cl)c4)c3N)c2n1. The van der Waals surface area contributed by atoms with Gasteiger partial charge in [-0.2, -0.15) is 0 Å². The lowest BCUT2D eigenvalue weighted by Gasteiger charge is -2.14. The van der Waals surface area contributed by atoms with E-state index in [4.69, 9.17) is 28.9 Å². The highest BCUT2D eigenvalue weighted by molar-refractivity contribution is 6.42. The van der Waals surface area contributed by atoms with Gasteiger partial charge in [0, 0.05) is 16.8 Å². The Morgan fingerprint density at radius 2 is 1.68 bits per heavy atom. The Morgan fingerprint density at radius 3 is 2.46 bits per heavy atom. The van der Waals surface area contributed by atoms with Crippen molar-refractivity contribution in [1.29, 1.82) is 0 Å². The van der Waals surface area contributed by atoms with Crippen LogP contribution in [0.4, 0.5) is 28.7 Å². The molecule has 28 heavy (non-hydrogen) atoms. The van der Waals surface area contributed by atoms with Gasteiger partial charge < -0.3 is 16.4 Å². The summed E-state index contributed by atoms with van der Waals surface area (Å²) in [5.41, 5.74) is 9.97. The summed E-state index contributed by atoms with van der Waals surface area (Å²) in [6, 6.07) is 15.1. The van der Waals surface area contributed by atoms with Crippen LogP contribution in [-0.2, 0) is 0 Å². The molecule has 0 saturated carbocycles. The Bertz CT molecular complexity index is 1180. The summed E-state index contributed by atoms with van der Waals surface area (Å²) in [5, 5.41) is 8.34. The third kappa shape index (κ3) is 3.65. The average molecular weight is 411 g/mol. The summed E-state index contributed by atoms with van der Waals surface area (Å²) in [7, 11) is 0. The molecule has 0 aliphatic rings. The second-order valence-corrected chi connectivity index (χ2v) is 7.01. The Balaban J connectivity index is 1.67. The Hall–Kier alpha value is -3.09. The maximum Gasteiger partial charge on any atom is 0.159 e. The predicted octanol–water partition coefficient (Wildman–Crippen LogP) is 5.71. The van der Waals surface area contributed by atoms with Gasteiger partial charge in [-0.05, 0) is 37.3 Å². The average Bonchev–Trinajstić information content (AvgIpc) is 2.68. The number of rotatable bonds is 4. The van der Waals surface area contributed by atoms with Gasteiger partial charge in [0.25, 0.3) is 0 Å². The molecule has 0 unspecified atom stereocenters. The Kier molecular flexibility index (Phi) is 4.90. The first-order valence-corrected chi connectivity index (χ1v) is 9.23. The van der Waals surface area contributed by atoms with E-state index in [0.717, 1.165) is 22.3 Å². The van der Waals surface area contributed by atoms with Crippen LogP contribution in [0.2, 0.25) is 10.0 Å². The third-order valence-electron chi connectivity index (χ3n) is 4.18. The van der Waals surface area contributed by atoms with Crippen LogP contribution in [0.15, 0.2) is 54.9 Å². The van der Waals surface area contributed by atoms with Crippen LogP contribution in [0.1, 0.15) is 5.69 Å². The third-order valence-corrected chi connectivity index (χ3v) is 4.92. The van der Waals surface area contributed by atoms with E-state index in [1.165, 1.54) is 6.33 Å². The molecule has 0 saturated heterocycles. The van der Waals surface area contributed by atoms with Gasteiger partial charge in [-0.1, -0.05) is 41.4 Å². The quantitative estimate of drug-likeness (QED) is 0.399. The molecule has 4 rings (SSSR count). The fraction of sp³-hybridized carbons (Fsp3) is 0.0500. The number of fused-ring (bicyclic) bond motifs is 1. The number of nitrogens with two attached hydrogens (primary N) is 1. The number of halogens is 2. The highest BCUT2D eigenvalue weighted by atomic mass is 35.5. The smallest absolute Gasteiger partial charge is 0.159 e. The van der Waals surface area contributed by atoms with Crippen LogP contribution in [0.25, 0.3) is 10.9 Å². The number of aromatic nitrogens is 3. The minimum absolute atomic E-state index is 0.373. The molecule has 2 aromatic heterocycles. The molecule has 0 aliphatic heterocycles. The zero-order valence-corrected chi connectivity index (χ0v) is 16.4. The van der Waals surface area contributed by atoms with Crippen molar-refractivity contribution in [2.75, 3.05) is 16.4 Å². The highest BCUT2D eigenvalue weighted by Crippen LogP contribution is 2.32. The van der Waals surface area contributed by atoms with Crippen molar-refractivity contribution in [2.45, 2.75) is 6.92 Å². The van der Waals surface area contributed by atoms with Crippen LogP contribution in [-0.4, -0.2) is 15.0 Å². The molecular weight excluding hydrogens is 395 g/mol. The number of nitrogens with one attached hydrogen (secondary N) is 2. The molecule has 2 aromatic carbocycles. The van der Waals surface area contributed by atoms with Crippen LogP contribution in [0, 0.1) is 6.92 Å². The standard InChI is InChI=1S/C20H16Cl2N6/c1-11-5-6-12-3-2-4-16(18(12)26-11)28-20-17(23)19(24-10-25-20)27-13-7-8-14(21)15(22)9-13/h2-10H,23H2,1H3,(H2,24,25,27,28). The second kappa shape index (κ2) is 7.50. The summed E-state index contributed by atoms with van der Waals surface area (Å²) in [5.74, 6) is 0.939. The minimum atomic E-state index is 0.373. The van der Waals surface area contributed by atoms with Crippen molar-refractivity contribution >= 4 is 62.8 Å². The van der Waals surface area contributed by atoms with Gasteiger partial charge in [0.15, 0.2) is 11.6 Å². The van der Waals surface area contributed by atoms with Gasteiger partial charge in [0.2, 0.25) is 0 Å². The summed E-state index contributed by atoms with van der Waals surface area (Å²) in [4.78, 5) is 13.1. The van der Waals surface area contributed by atoms with E-state index >= 15 is 0 Å². The first-order chi connectivity index (χ1) is 13.5. The van der Waals surface area contributed by atoms with Crippen LogP contribution < -0.4 is 16.4 Å². The summed E-state index contributed by atoms with van der Waals surface area (Å²) in [6.45, 7) is 1.95. The molecule has 4 N–H and O–H groups in total. The number of nitrogen functional groups attached to an aromatic ring is 1. The number of pyridine rings is 1. The molecule has 0 fully saturated rings. The maximum absolute atomic E-state index is 6.29. The Labute approximate surface area is 171 Å². The molecule has 8 heteroatoms. The lowest BCUT2D eigenvalue weighted by Crippen LogP contribution is -2.05. The lowest BCUT2D eigenvalue weighted by atomic mass is 10.1. The van der Waals surface area contributed by atoms with E-state index in [0.29, 0.717) is 33.1 Å². The number of benzene rings is 2. The fourth-order valence-corrected chi connectivity index (χ4v) is 3.08. The number of para-hydroxylation sites is 1. The number of nitrogens with zero attached hydrogens (tertiary/aromatic N) is 3. The predicted molar refractivity (Wildman–Crippen MR) is 116 cm³/mol.